The van der Waals surface area contributed by atoms with Gasteiger partial charge in [0.25, 0.3) is 0 Å². The second-order valence-corrected chi connectivity index (χ2v) is 1.82. The normalized spacial score (nSPS) is 9.30. The Hall–Kier alpha value is -1.32. The van der Waals surface area contributed by atoms with Crippen molar-refractivity contribution in [3.05, 3.63) is 12.3 Å². The Bertz CT molecular complexity index is 219. The number of carbonyl (C=O) groups is 1. The van der Waals surface area contributed by atoms with Crippen LogP contribution in [0.15, 0.2) is 12.3 Å². The zero-order valence-electron chi connectivity index (χ0n) is 5.74. The van der Waals surface area contributed by atoms with E-state index in [-0.39, 0.29) is 0 Å². The molecule has 1 rings (SSSR count). The smallest absolute Gasteiger partial charge is 0.212 e. The number of nitrogens with one attached hydrogen (secondary N) is 1. The van der Waals surface area contributed by atoms with Gasteiger partial charge in [0.05, 0.1) is 0 Å². The van der Waals surface area contributed by atoms with E-state index in [0.717, 1.165) is 6.54 Å². The zero-order chi connectivity index (χ0) is 7.40. The van der Waals surface area contributed by atoms with Gasteiger partial charge in [-0.1, -0.05) is 0 Å². The number of carbonyl (C=O) groups excluding carboxylic acids is 1. The van der Waals surface area contributed by atoms with Gasteiger partial charge in [-0.05, 0) is 6.92 Å². The van der Waals surface area contributed by atoms with Crippen LogP contribution >= 0.6 is 0 Å². The van der Waals surface area contributed by atoms with Crippen LogP contribution in [0, 0.1) is 0 Å². The fourth-order valence-corrected chi connectivity index (χ4v) is 0.675. The number of hydrogen-bond donors (Lipinski definition) is 1. The molecule has 10 heavy (non-hydrogen) atoms. The Kier molecular flexibility index (Phi) is 2.04. The Morgan fingerprint density at radius 2 is 2.70 bits per heavy atom. The quantitative estimate of drug-likeness (QED) is 0.619. The molecule has 0 aliphatic carbocycles. The van der Waals surface area contributed by atoms with Crippen molar-refractivity contribution in [3.63, 3.8) is 0 Å². The molecule has 0 spiro atoms. The third-order valence-corrected chi connectivity index (χ3v) is 1.17. The fraction of sp³-hybridized carbons (Fsp3) is 0.333. The van der Waals surface area contributed by atoms with Crippen molar-refractivity contribution in [3.8, 4) is 0 Å². The highest BCUT2D eigenvalue weighted by atomic mass is 16.1. The third kappa shape index (κ3) is 1.34. The van der Waals surface area contributed by atoms with E-state index in [1.54, 1.807) is 10.7 Å². The maximum absolute atomic E-state index is 9.91. The lowest BCUT2D eigenvalue weighted by Gasteiger charge is -1.91. The zero-order valence-corrected chi connectivity index (χ0v) is 5.74. The summed E-state index contributed by atoms with van der Waals surface area (Å²) in [6.07, 6.45) is 2.42. The van der Waals surface area contributed by atoms with Crippen molar-refractivity contribution in [1.82, 2.24) is 9.78 Å². The minimum absolute atomic E-state index is 0.594. The van der Waals surface area contributed by atoms with Crippen LogP contribution in [0.4, 0.5) is 5.82 Å². The number of amides is 1. The van der Waals surface area contributed by atoms with E-state index in [1.165, 1.54) is 0 Å². The molecule has 0 unspecified atom stereocenters. The van der Waals surface area contributed by atoms with Crippen molar-refractivity contribution in [1.29, 1.82) is 0 Å². The Morgan fingerprint density at radius 1 is 1.90 bits per heavy atom. The van der Waals surface area contributed by atoms with Gasteiger partial charge in [0.1, 0.15) is 0 Å². The lowest BCUT2D eigenvalue weighted by molar-refractivity contribution is -0.105. The first kappa shape index (κ1) is 6.80. The highest BCUT2D eigenvalue weighted by Gasteiger charge is 1.92. The molecule has 0 aliphatic rings. The summed E-state index contributed by atoms with van der Waals surface area (Å²) in [4.78, 5) is 9.91. The lowest BCUT2D eigenvalue weighted by atomic mass is 10.6. The molecule has 1 amide bonds. The number of nitrogens with zero attached hydrogens (tertiary/aromatic N) is 2. The van der Waals surface area contributed by atoms with E-state index < -0.39 is 0 Å². The molecular formula is C6H9N3O. The van der Waals surface area contributed by atoms with Crippen LogP contribution in [-0.2, 0) is 11.3 Å². The monoisotopic (exact) mass is 139 g/mol. The molecule has 0 aliphatic heterocycles. The largest absolute Gasteiger partial charge is 0.312 e. The highest BCUT2D eigenvalue weighted by molar-refractivity contribution is 5.68. The molecule has 1 aromatic heterocycles. The maximum atomic E-state index is 9.91. The molecule has 1 N–H and O–H groups in total. The summed E-state index contributed by atoms with van der Waals surface area (Å²) in [6.45, 7) is 2.80. The van der Waals surface area contributed by atoms with Gasteiger partial charge < -0.3 is 5.32 Å². The minimum atomic E-state index is 0.594. The summed E-state index contributed by atoms with van der Waals surface area (Å²) in [5, 5.41) is 6.44. The number of rotatable bonds is 3. The Balaban J connectivity index is 2.67. The first-order valence-electron chi connectivity index (χ1n) is 3.10. The molecule has 0 atom stereocenters. The molecule has 0 aromatic carbocycles. The van der Waals surface area contributed by atoms with Gasteiger partial charge in [-0.2, -0.15) is 5.10 Å². The van der Waals surface area contributed by atoms with Gasteiger partial charge in [0.15, 0.2) is 5.82 Å². The molecule has 1 aromatic rings. The van der Waals surface area contributed by atoms with E-state index in [1.807, 2.05) is 13.1 Å². The average molecular weight is 139 g/mol. The van der Waals surface area contributed by atoms with E-state index in [4.69, 9.17) is 0 Å². The molecule has 0 bridgehead atoms. The summed E-state index contributed by atoms with van der Waals surface area (Å²) in [5.41, 5.74) is 0. The van der Waals surface area contributed by atoms with Crippen LogP contribution in [0.5, 0.6) is 0 Å². The highest BCUT2D eigenvalue weighted by Crippen LogP contribution is 1.99. The van der Waals surface area contributed by atoms with Crippen LogP contribution in [0.1, 0.15) is 6.92 Å². The first-order chi connectivity index (χ1) is 4.86. The minimum Gasteiger partial charge on any atom is -0.312 e. The predicted octanol–water partition coefficient (Wildman–Crippen LogP) is 0.471. The van der Waals surface area contributed by atoms with Crippen molar-refractivity contribution < 1.29 is 4.79 Å². The molecule has 1 heterocycles. The first-order valence-corrected chi connectivity index (χ1v) is 3.10. The molecule has 0 saturated carbocycles. The molecule has 4 nitrogen and oxygen atoms in total. The SMILES string of the molecule is CCn1ccc(NC=O)n1. The standard InChI is InChI=1S/C6H9N3O/c1-2-9-4-3-6(8-9)7-5-10/h3-5H,2H2,1H3,(H,7,8,10). The Labute approximate surface area is 58.8 Å². The molecule has 0 saturated heterocycles. The summed E-state index contributed by atoms with van der Waals surface area (Å²) < 4.78 is 1.74. The van der Waals surface area contributed by atoms with Gasteiger partial charge in [-0.15, -0.1) is 0 Å². The topological polar surface area (TPSA) is 46.9 Å². The van der Waals surface area contributed by atoms with Crippen LogP contribution in [-0.4, -0.2) is 16.2 Å². The number of aryl methyl sites for hydroxylation is 1. The van der Waals surface area contributed by atoms with Crippen LogP contribution < -0.4 is 5.32 Å². The second kappa shape index (κ2) is 3.00. The van der Waals surface area contributed by atoms with Crippen molar-refractivity contribution in [2.45, 2.75) is 13.5 Å². The van der Waals surface area contributed by atoms with Crippen LogP contribution in [0.3, 0.4) is 0 Å². The molecule has 4 heteroatoms. The van der Waals surface area contributed by atoms with Gasteiger partial charge in [-0.3, -0.25) is 9.48 Å². The van der Waals surface area contributed by atoms with E-state index in [2.05, 4.69) is 10.4 Å². The van der Waals surface area contributed by atoms with Crippen molar-refractivity contribution in [2.75, 3.05) is 5.32 Å². The summed E-state index contributed by atoms with van der Waals surface area (Å²) in [5.74, 6) is 0.594. The van der Waals surface area contributed by atoms with E-state index in [0.29, 0.717) is 12.2 Å². The van der Waals surface area contributed by atoms with Gasteiger partial charge in [0.2, 0.25) is 6.41 Å². The lowest BCUT2D eigenvalue weighted by Crippen LogP contribution is -1.98. The van der Waals surface area contributed by atoms with Gasteiger partial charge in [-0.25, -0.2) is 0 Å². The molecule has 54 valence electrons. The summed E-state index contributed by atoms with van der Waals surface area (Å²) in [7, 11) is 0. The number of hydrogen-bond acceptors (Lipinski definition) is 2. The van der Waals surface area contributed by atoms with E-state index >= 15 is 0 Å². The van der Waals surface area contributed by atoms with Crippen LogP contribution in [0.25, 0.3) is 0 Å². The summed E-state index contributed by atoms with van der Waals surface area (Å²) in [6, 6.07) is 1.75. The van der Waals surface area contributed by atoms with E-state index in [9.17, 15) is 4.79 Å². The van der Waals surface area contributed by atoms with Gasteiger partial charge >= 0.3 is 0 Å². The number of anilines is 1. The maximum Gasteiger partial charge on any atom is 0.212 e. The van der Waals surface area contributed by atoms with Crippen molar-refractivity contribution in [2.24, 2.45) is 0 Å². The van der Waals surface area contributed by atoms with Gasteiger partial charge in [0, 0.05) is 18.8 Å². The number of aromatic nitrogens is 2. The fourth-order valence-electron chi connectivity index (χ4n) is 0.675. The molecule has 0 radical (unpaired) electrons. The molecule has 0 fully saturated rings. The molecular weight excluding hydrogens is 130 g/mol. The predicted molar refractivity (Wildman–Crippen MR) is 37.6 cm³/mol. The summed E-state index contributed by atoms with van der Waals surface area (Å²) >= 11 is 0. The van der Waals surface area contributed by atoms with Crippen LogP contribution in [0.2, 0.25) is 0 Å². The second-order valence-electron chi connectivity index (χ2n) is 1.82. The Morgan fingerprint density at radius 3 is 3.20 bits per heavy atom. The average Bonchev–Trinajstić information content (AvgIpc) is 2.37. The van der Waals surface area contributed by atoms with Crippen molar-refractivity contribution >= 4 is 12.2 Å². The third-order valence-electron chi connectivity index (χ3n) is 1.17.